The van der Waals surface area contributed by atoms with E-state index in [4.69, 9.17) is 23.2 Å². The van der Waals surface area contributed by atoms with Crippen LogP contribution in [0.1, 0.15) is 0 Å². The van der Waals surface area contributed by atoms with Crippen LogP contribution in [0, 0.1) is 0 Å². The Balaban J connectivity index is 2.08. The number of hydrogen-bond acceptors (Lipinski definition) is 5. The van der Waals surface area contributed by atoms with Crippen molar-refractivity contribution < 1.29 is 0 Å². The molecule has 2 aromatic heterocycles. The summed E-state index contributed by atoms with van der Waals surface area (Å²) in [6.07, 6.45) is 1.72. The van der Waals surface area contributed by atoms with Gasteiger partial charge in [-0.1, -0.05) is 29.8 Å². The second kappa shape index (κ2) is 4.95. The Kier molecular flexibility index (Phi) is 3.15. The highest BCUT2D eigenvalue weighted by molar-refractivity contribution is 6.32. The lowest BCUT2D eigenvalue weighted by Gasteiger charge is -2.08. The van der Waals surface area contributed by atoms with Crippen molar-refractivity contribution in [1.29, 1.82) is 0 Å². The smallest absolute Gasteiger partial charge is 0.245 e. The number of nitrogens with one attached hydrogen (secondary N) is 1. The zero-order valence-electron chi connectivity index (χ0n) is 9.51. The van der Waals surface area contributed by atoms with E-state index in [2.05, 4.69) is 25.5 Å². The van der Waals surface area contributed by atoms with Crippen LogP contribution in [-0.2, 0) is 0 Å². The number of nitrogens with zero attached hydrogens (tertiary/aromatic N) is 4. The second-order valence-corrected chi connectivity index (χ2v) is 4.42. The molecular formula is C12H7Cl2N5. The standard InChI is InChI=1S/C12H7Cl2N5/c13-10-11(17-12(14)19-18-10)16-8-5-1-3-7-4-2-6-15-9(7)8/h1-6H,(H,16,17,19). The average molecular weight is 292 g/mol. The molecule has 0 aliphatic rings. The maximum atomic E-state index is 5.92. The molecule has 0 saturated heterocycles. The maximum absolute atomic E-state index is 5.92. The summed E-state index contributed by atoms with van der Waals surface area (Å²) in [6.45, 7) is 0. The highest BCUT2D eigenvalue weighted by Gasteiger charge is 2.08. The summed E-state index contributed by atoms with van der Waals surface area (Å²) in [7, 11) is 0. The first kappa shape index (κ1) is 12.1. The van der Waals surface area contributed by atoms with E-state index in [0.29, 0.717) is 5.82 Å². The van der Waals surface area contributed by atoms with Gasteiger partial charge in [-0.15, -0.1) is 10.2 Å². The highest BCUT2D eigenvalue weighted by atomic mass is 35.5. The summed E-state index contributed by atoms with van der Waals surface area (Å²) >= 11 is 11.6. The van der Waals surface area contributed by atoms with Gasteiger partial charge in [0.1, 0.15) is 0 Å². The third-order valence-corrected chi connectivity index (χ3v) is 2.92. The summed E-state index contributed by atoms with van der Waals surface area (Å²) in [5, 5.41) is 11.5. The molecule has 1 aromatic carbocycles. The first-order valence-corrected chi connectivity index (χ1v) is 6.16. The fraction of sp³-hybridized carbons (Fsp3) is 0. The molecule has 19 heavy (non-hydrogen) atoms. The third-order valence-electron chi connectivity index (χ3n) is 2.51. The molecule has 1 N–H and O–H groups in total. The van der Waals surface area contributed by atoms with Gasteiger partial charge in [0, 0.05) is 11.6 Å². The molecule has 7 heteroatoms. The largest absolute Gasteiger partial charge is 0.336 e. The van der Waals surface area contributed by atoms with Crippen molar-refractivity contribution in [1.82, 2.24) is 20.2 Å². The minimum atomic E-state index is 0.0279. The lowest BCUT2D eigenvalue weighted by atomic mass is 10.2. The fourth-order valence-corrected chi connectivity index (χ4v) is 1.96. The molecule has 0 unspecified atom stereocenters. The molecule has 0 bridgehead atoms. The molecule has 3 rings (SSSR count). The Bertz CT molecular complexity index is 742. The monoisotopic (exact) mass is 291 g/mol. The number of para-hydroxylation sites is 1. The number of anilines is 2. The van der Waals surface area contributed by atoms with Gasteiger partial charge in [-0.2, -0.15) is 4.98 Å². The topological polar surface area (TPSA) is 63.6 Å². The van der Waals surface area contributed by atoms with Crippen LogP contribution < -0.4 is 5.32 Å². The number of rotatable bonds is 2. The predicted octanol–water partition coefficient (Wildman–Crippen LogP) is 3.47. The molecule has 3 aromatic rings. The van der Waals surface area contributed by atoms with Gasteiger partial charge >= 0.3 is 0 Å². The van der Waals surface area contributed by atoms with Crippen LogP contribution in [0.25, 0.3) is 10.9 Å². The number of halogens is 2. The van der Waals surface area contributed by atoms with Crippen LogP contribution in [0.4, 0.5) is 11.5 Å². The maximum Gasteiger partial charge on any atom is 0.245 e. The van der Waals surface area contributed by atoms with Crippen LogP contribution >= 0.6 is 23.2 Å². The van der Waals surface area contributed by atoms with Gasteiger partial charge in [0.2, 0.25) is 5.28 Å². The van der Waals surface area contributed by atoms with E-state index >= 15 is 0 Å². The van der Waals surface area contributed by atoms with Gasteiger partial charge in [0.25, 0.3) is 0 Å². The fourth-order valence-electron chi connectivity index (χ4n) is 1.71. The van der Waals surface area contributed by atoms with Gasteiger partial charge in [-0.05, 0) is 23.7 Å². The number of pyridine rings is 1. The number of hydrogen-bond donors (Lipinski definition) is 1. The molecule has 0 saturated carbocycles. The van der Waals surface area contributed by atoms with E-state index < -0.39 is 0 Å². The van der Waals surface area contributed by atoms with Gasteiger partial charge in [0.15, 0.2) is 11.0 Å². The third kappa shape index (κ3) is 2.43. The van der Waals surface area contributed by atoms with E-state index in [1.54, 1.807) is 6.20 Å². The van der Waals surface area contributed by atoms with Crippen molar-refractivity contribution in [2.45, 2.75) is 0 Å². The molecule has 94 valence electrons. The summed E-state index contributed by atoms with van der Waals surface area (Å²) in [5.74, 6) is 0.347. The minimum Gasteiger partial charge on any atom is -0.336 e. The Hall–Kier alpha value is -1.98. The number of benzene rings is 1. The van der Waals surface area contributed by atoms with Gasteiger partial charge in [0.05, 0.1) is 11.2 Å². The molecule has 0 amide bonds. The lowest BCUT2D eigenvalue weighted by Crippen LogP contribution is -1.99. The van der Waals surface area contributed by atoms with E-state index in [0.717, 1.165) is 16.6 Å². The number of aromatic nitrogens is 4. The van der Waals surface area contributed by atoms with Crippen LogP contribution in [0.5, 0.6) is 0 Å². The van der Waals surface area contributed by atoms with Crippen molar-refractivity contribution in [3.63, 3.8) is 0 Å². The average Bonchev–Trinajstić information content (AvgIpc) is 2.43. The Morgan fingerprint density at radius 2 is 1.84 bits per heavy atom. The first-order chi connectivity index (χ1) is 9.24. The Labute approximate surface area is 118 Å². The summed E-state index contributed by atoms with van der Waals surface area (Å²) in [4.78, 5) is 8.32. The van der Waals surface area contributed by atoms with Crippen LogP contribution in [-0.4, -0.2) is 20.2 Å². The normalized spacial score (nSPS) is 10.6. The predicted molar refractivity (Wildman–Crippen MR) is 74.9 cm³/mol. The summed E-state index contributed by atoms with van der Waals surface area (Å²) < 4.78 is 0. The van der Waals surface area contributed by atoms with Crippen molar-refractivity contribution >= 4 is 45.6 Å². The van der Waals surface area contributed by atoms with E-state index in [-0.39, 0.29) is 10.4 Å². The molecule has 2 heterocycles. The van der Waals surface area contributed by atoms with Gasteiger partial charge < -0.3 is 5.32 Å². The zero-order valence-corrected chi connectivity index (χ0v) is 11.0. The zero-order chi connectivity index (χ0) is 13.2. The van der Waals surface area contributed by atoms with Crippen molar-refractivity contribution in [3.8, 4) is 0 Å². The summed E-state index contributed by atoms with van der Waals surface area (Å²) in [6, 6.07) is 9.61. The first-order valence-electron chi connectivity index (χ1n) is 5.40. The molecular weight excluding hydrogens is 285 g/mol. The quantitative estimate of drug-likeness (QED) is 0.783. The molecule has 0 atom stereocenters. The van der Waals surface area contributed by atoms with Crippen LogP contribution in [0.3, 0.4) is 0 Å². The molecule has 0 fully saturated rings. The summed E-state index contributed by atoms with van der Waals surface area (Å²) in [5.41, 5.74) is 1.59. The molecule has 0 aliphatic heterocycles. The Morgan fingerprint density at radius 3 is 2.74 bits per heavy atom. The molecule has 0 aliphatic carbocycles. The SMILES string of the molecule is Clc1nnc(Cl)c(Nc2cccc3cccnc23)n1. The van der Waals surface area contributed by atoms with Crippen LogP contribution in [0.2, 0.25) is 10.4 Å². The van der Waals surface area contributed by atoms with Crippen molar-refractivity contribution in [3.05, 3.63) is 47.0 Å². The Morgan fingerprint density at radius 1 is 1.00 bits per heavy atom. The lowest BCUT2D eigenvalue weighted by molar-refractivity contribution is 0.975. The van der Waals surface area contributed by atoms with E-state index in [9.17, 15) is 0 Å². The van der Waals surface area contributed by atoms with Crippen molar-refractivity contribution in [2.24, 2.45) is 0 Å². The molecule has 5 nitrogen and oxygen atoms in total. The van der Waals surface area contributed by atoms with E-state index in [1.807, 2.05) is 30.3 Å². The highest BCUT2D eigenvalue weighted by Crippen LogP contribution is 2.26. The van der Waals surface area contributed by atoms with Gasteiger partial charge in [-0.3, -0.25) is 4.98 Å². The minimum absolute atomic E-state index is 0.0279. The number of fused-ring (bicyclic) bond motifs is 1. The molecule has 0 radical (unpaired) electrons. The van der Waals surface area contributed by atoms with E-state index in [1.165, 1.54) is 0 Å². The van der Waals surface area contributed by atoms with Gasteiger partial charge in [-0.25, -0.2) is 0 Å². The van der Waals surface area contributed by atoms with Crippen LogP contribution in [0.15, 0.2) is 36.5 Å². The van der Waals surface area contributed by atoms with Crippen molar-refractivity contribution in [2.75, 3.05) is 5.32 Å². The molecule has 0 spiro atoms. The second-order valence-electron chi connectivity index (χ2n) is 3.73.